The third-order valence-corrected chi connectivity index (χ3v) is 6.89. The molecule has 0 heterocycles. The van der Waals surface area contributed by atoms with Crippen LogP contribution >= 0.6 is 0 Å². The van der Waals surface area contributed by atoms with Gasteiger partial charge in [0.1, 0.15) is 22.9 Å². The average molecular weight is 685 g/mol. The number of benzene rings is 3. The van der Waals surface area contributed by atoms with E-state index in [0.29, 0.717) is 0 Å². The van der Waals surface area contributed by atoms with E-state index in [1.165, 1.54) is 0 Å². The number of halogens is 15. The summed E-state index contributed by atoms with van der Waals surface area (Å²) in [5.41, 5.74) is -15.2. The van der Waals surface area contributed by atoms with E-state index in [1.54, 1.807) is 0 Å². The van der Waals surface area contributed by atoms with Gasteiger partial charge in [-0.15, -0.1) is 0 Å². The van der Waals surface area contributed by atoms with E-state index in [0.717, 1.165) is 12.1 Å². The molecule has 47 heavy (non-hydrogen) atoms. The number of nitrogens with two attached hydrogens (primary N) is 1. The van der Waals surface area contributed by atoms with Crippen LogP contribution in [0.1, 0.15) is 33.7 Å². The maximum Gasteiger partial charge on any atom is 0.422 e. The molecule has 5 nitrogen and oxygen atoms in total. The number of hydrogen-bond acceptors (Lipinski definition) is 5. The Morgan fingerprint density at radius 2 is 1.06 bits per heavy atom. The molecule has 0 fully saturated rings. The van der Waals surface area contributed by atoms with Crippen molar-refractivity contribution in [1.82, 2.24) is 0 Å². The van der Waals surface area contributed by atoms with Crippen molar-refractivity contribution in [2.45, 2.75) is 12.1 Å². The van der Waals surface area contributed by atoms with E-state index in [9.17, 15) is 71.1 Å². The lowest BCUT2D eigenvalue weighted by Crippen LogP contribution is -2.21. The molecule has 0 saturated carbocycles. The lowest BCUT2D eigenvalue weighted by molar-refractivity contribution is -0.143. The molecule has 0 spiro atoms. The van der Waals surface area contributed by atoms with Crippen LogP contribution in [-0.2, 0) is 6.18 Å². The molecule has 4 N–H and O–H groups in total. The fourth-order valence-corrected chi connectivity index (χ4v) is 4.70. The predicted octanol–water partition coefficient (Wildman–Crippen LogP) is 7.50. The van der Waals surface area contributed by atoms with Crippen LogP contribution in [0.15, 0.2) is 11.1 Å². The number of rotatable bonds is 6. The fraction of sp³-hybridized carbons (Fsp3) is 0.111. The van der Waals surface area contributed by atoms with Gasteiger partial charge in [-0.25, -0.2) is 52.7 Å². The van der Waals surface area contributed by atoms with E-state index < -0.39 is 144 Å². The van der Waals surface area contributed by atoms with Crippen molar-refractivity contribution in [3.05, 3.63) is 109 Å². The van der Waals surface area contributed by atoms with Crippen LogP contribution in [0.3, 0.4) is 0 Å². The number of allylic oxidation sites excluding steroid dienone is 2. The molecule has 0 bridgehead atoms. The zero-order chi connectivity index (χ0) is 35.8. The van der Waals surface area contributed by atoms with Crippen LogP contribution in [0.5, 0.6) is 0 Å². The second-order valence-electron chi connectivity index (χ2n) is 9.36. The Kier molecular flexibility index (Phi) is 8.31. The van der Waals surface area contributed by atoms with Crippen LogP contribution in [0, 0.1) is 109 Å². The van der Waals surface area contributed by atoms with Gasteiger partial charge in [-0.2, -0.15) is 23.7 Å². The number of nitrogen functional groups attached to an aromatic ring is 1. The second-order valence-corrected chi connectivity index (χ2v) is 9.36. The minimum absolute atomic E-state index is 0.745. The van der Waals surface area contributed by atoms with Gasteiger partial charge in [-0.1, -0.05) is 0 Å². The summed E-state index contributed by atoms with van der Waals surface area (Å²) in [4.78, 5) is 0. The summed E-state index contributed by atoms with van der Waals surface area (Å²) in [7, 11) is 0. The summed E-state index contributed by atoms with van der Waals surface area (Å²) in [6.45, 7) is 0. The van der Waals surface area contributed by atoms with Crippen molar-refractivity contribution in [2.75, 3.05) is 5.73 Å². The average Bonchev–Trinajstić information content (AvgIpc) is 3.74. The van der Waals surface area contributed by atoms with Crippen molar-refractivity contribution in [3.63, 3.8) is 0 Å². The molecule has 244 valence electrons. The molecule has 0 amide bonds. The van der Waals surface area contributed by atoms with Gasteiger partial charge >= 0.3 is 6.18 Å². The molecule has 3 aromatic rings. The summed E-state index contributed by atoms with van der Waals surface area (Å²) in [6, 6.07) is 1.73. The Bertz CT molecular complexity index is 2000. The summed E-state index contributed by atoms with van der Waals surface area (Å²) in [5, 5.41) is 34.7. The molecule has 1 aliphatic rings. The molecule has 0 radical (unpaired) electrons. The molecular weight excluding hydrogens is 679 g/mol. The quantitative estimate of drug-likeness (QED) is 0.108. The molecule has 20 heteroatoms. The highest BCUT2D eigenvalue weighted by Gasteiger charge is 2.52. The zero-order valence-corrected chi connectivity index (χ0v) is 21.8. The Labute approximate surface area is 249 Å². The number of nitriles is 2. The van der Waals surface area contributed by atoms with E-state index in [-0.39, 0.29) is 0 Å². The highest BCUT2D eigenvalue weighted by atomic mass is 19.4. The Balaban J connectivity index is 2.06. The highest BCUT2D eigenvalue weighted by molar-refractivity contribution is 6.23. The standard InChI is InChI=1S/C27H6F15N5/c28-12-4(2-44)13(29)15(31)6(14(12)30)3(1-43)5-7(8(5)25(46)10-18(34)22(38)26(47)23(39)19(10)35)24(45)9-16(32)20(36)11(27(40,41)42)21(37)17(9)33/h3,8,45-46H,47H2. The molecule has 2 atom stereocenters. The van der Waals surface area contributed by atoms with Crippen molar-refractivity contribution in [1.29, 1.82) is 21.3 Å². The smallest absolute Gasteiger partial charge is 0.394 e. The van der Waals surface area contributed by atoms with Gasteiger partial charge in [-0.3, -0.25) is 5.41 Å². The van der Waals surface area contributed by atoms with Gasteiger partial charge in [0.2, 0.25) is 0 Å². The third kappa shape index (κ3) is 4.91. The number of nitrogens with one attached hydrogen (secondary N) is 2. The summed E-state index contributed by atoms with van der Waals surface area (Å²) in [6.07, 6.45) is -6.09. The topological polar surface area (TPSA) is 121 Å². The zero-order valence-electron chi connectivity index (χ0n) is 21.8. The predicted molar refractivity (Wildman–Crippen MR) is 125 cm³/mol. The van der Waals surface area contributed by atoms with Gasteiger partial charge in [0.25, 0.3) is 0 Å². The molecule has 2 unspecified atom stereocenters. The van der Waals surface area contributed by atoms with Crippen LogP contribution in [0.2, 0.25) is 0 Å². The number of alkyl halides is 3. The highest BCUT2D eigenvalue weighted by Crippen LogP contribution is 2.53. The van der Waals surface area contributed by atoms with E-state index in [2.05, 4.69) is 0 Å². The Morgan fingerprint density at radius 1 is 0.638 bits per heavy atom. The normalized spacial score (nSPS) is 15.0. The van der Waals surface area contributed by atoms with E-state index in [1.807, 2.05) is 0 Å². The SMILES string of the molecule is N#Cc1c(F)c(F)c(C(C#N)C2=C(C(=N)c3c(F)c(F)c(C(F)(F)F)c(F)c3F)C2C(=N)c2c(F)c(F)c(N)c(F)c2F)c(F)c1F. The van der Waals surface area contributed by atoms with Crippen molar-refractivity contribution < 1.29 is 65.9 Å². The van der Waals surface area contributed by atoms with Crippen LogP contribution in [0.4, 0.5) is 71.5 Å². The van der Waals surface area contributed by atoms with Crippen molar-refractivity contribution in [2.24, 2.45) is 5.92 Å². The first-order valence-electron chi connectivity index (χ1n) is 11.8. The molecule has 4 rings (SSSR count). The summed E-state index contributed by atoms with van der Waals surface area (Å²) in [5.74, 6) is -37.5. The lowest BCUT2D eigenvalue weighted by atomic mass is 9.90. The summed E-state index contributed by atoms with van der Waals surface area (Å²) < 4.78 is 214. The maximum absolute atomic E-state index is 14.9. The molecular formula is C27H6F15N5. The minimum atomic E-state index is -6.09. The minimum Gasteiger partial charge on any atom is -0.394 e. The Morgan fingerprint density at radius 3 is 1.45 bits per heavy atom. The molecule has 0 saturated heterocycles. The van der Waals surface area contributed by atoms with Gasteiger partial charge in [0.05, 0.1) is 46.0 Å². The first-order chi connectivity index (χ1) is 21.7. The van der Waals surface area contributed by atoms with Gasteiger partial charge < -0.3 is 11.1 Å². The van der Waals surface area contributed by atoms with E-state index in [4.69, 9.17) is 21.8 Å². The molecule has 0 aromatic heterocycles. The van der Waals surface area contributed by atoms with Crippen LogP contribution in [0.25, 0.3) is 0 Å². The van der Waals surface area contributed by atoms with Crippen molar-refractivity contribution in [3.8, 4) is 12.1 Å². The van der Waals surface area contributed by atoms with Gasteiger partial charge in [0.15, 0.2) is 69.8 Å². The Hall–Kier alpha value is -5.53. The fourth-order valence-electron chi connectivity index (χ4n) is 4.70. The second kappa shape index (κ2) is 11.4. The maximum atomic E-state index is 14.9. The first-order valence-corrected chi connectivity index (χ1v) is 11.8. The van der Waals surface area contributed by atoms with E-state index >= 15 is 0 Å². The van der Waals surface area contributed by atoms with Crippen LogP contribution in [-0.4, -0.2) is 11.4 Å². The number of hydrogen-bond donors (Lipinski definition) is 3. The third-order valence-electron chi connectivity index (χ3n) is 6.89. The first kappa shape index (κ1) is 34.3. The lowest BCUT2D eigenvalue weighted by Gasteiger charge is -2.15. The number of nitrogens with zero attached hydrogens (tertiary/aromatic N) is 2. The molecule has 0 aliphatic heterocycles. The van der Waals surface area contributed by atoms with Gasteiger partial charge in [-0.05, 0) is 11.1 Å². The summed E-state index contributed by atoms with van der Waals surface area (Å²) >= 11 is 0. The number of anilines is 1. The largest absolute Gasteiger partial charge is 0.422 e. The van der Waals surface area contributed by atoms with Crippen LogP contribution < -0.4 is 5.73 Å². The molecule has 3 aromatic carbocycles. The molecule has 1 aliphatic carbocycles. The monoisotopic (exact) mass is 685 g/mol. The van der Waals surface area contributed by atoms with Crippen molar-refractivity contribution >= 4 is 17.1 Å². The van der Waals surface area contributed by atoms with Gasteiger partial charge in [0, 0.05) is 0 Å².